The van der Waals surface area contributed by atoms with Crippen LogP contribution in [0.4, 0.5) is 0 Å². The van der Waals surface area contributed by atoms with Crippen molar-refractivity contribution in [1.82, 2.24) is 9.97 Å². The van der Waals surface area contributed by atoms with Gasteiger partial charge >= 0.3 is 0 Å². The second-order valence-electron chi connectivity index (χ2n) is 3.58. The Morgan fingerprint density at radius 2 is 1.74 bits per heavy atom. The Labute approximate surface area is 120 Å². The minimum atomic E-state index is -0.686. The summed E-state index contributed by atoms with van der Waals surface area (Å²) in [5.74, 6) is -0.645. The number of thiazole rings is 2. The van der Waals surface area contributed by atoms with E-state index in [0.717, 1.165) is 5.01 Å². The Morgan fingerprint density at radius 3 is 2.05 bits per heavy atom. The Morgan fingerprint density at radius 1 is 1.16 bits per heavy atom. The fraction of sp³-hybridized carbons (Fsp3) is 0.417. The van der Waals surface area contributed by atoms with Crippen molar-refractivity contribution in [3.8, 4) is 0 Å². The van der Waals surface area contributed by atoms with E-state index in [4.69, 9.17) is 9.47 Å². The summed E-state index contributed by atoms with van der Waals surface area (Å²) >= 11 is 2.89. The lowest BCUT2D eigenvalue weighted by atomic mass is 10.3. The maximum atomic E-state index is 10.5. The van der Waals surface area contributed by atoms with Gasteiger partial charge in [-0.2, -0.15) is 0 Å². The molecule has 5 nitrogen and oxygen atoms in total. The van der Waals surface area contributed by atoms with Crippen molar-refractivity contribution in [2.24, 2.45) is 0 Å². The number of hydrogen-bond donors (Lipinski definition) is 0. The Hall–Kier alpha value is -1.15. The first-order valence-corrected chi connectivity index (χ1v) is 7.20. The van der Waals surface area contributed by atoms with Gasteiger partial charge in [-0.15, -0.1) is 22.7 Å². The van der Waals surface area contributed by atoms with Crippen LogP contribution < -0.4 is 0 Å². The third kappa shape index (κ3) is 4.46. The summed E-state index contributed by atoms with van der Waals surface area (Å²) in [6, 6.07) is 0. The Kier molecular flexibility index (Phi) is 6.23. The molecular formula is C12H16N2O3S2. The van der Waals surface area contributed by atoms with Crippen LogP contribution >= 0.6 is 22.7 Å². The summed E-state index contributed by atoms with van der Waals surface area (Å²) < 4.78 is 10.3. The van der Waals surface area contributed by atoms with Gasteiger partial charge in [0.25, 0.3) is 0 Å². The van der Waals surface area contributed by atoms with Gasteiger partial charge < -0.3 is 9.47 Å². The van der Waals surface area contributed by atoms with Gasteiger partial charge in [0.2, 0.25) is 5.79 Å². The number of aromatic nitrogens is 2. The molecule has 2 aromatic heterocycles. The zero-order valence-corrected chi connectivity index (χ0v) is 12.9. The normalized spacial score (nSPS) is 10.7. The van der Waals surface area contributed by atoms with Crippen molar-refractivity contribution in [2.45, 2.75) is 19.6 Å². The maximum absolute atomic E-state index is 10.5. The smallest absolute Gasteiger partial charge is 0.218 e. The predicted octanol–water partition coefficient (Wildman–Crippen LogP) is 2.95. The average Bonchev–Trinajstić information content (AvgIpc) is 3.10. The largest absolute Gasteiger partial charge is 0.348 e. The molecule has 0 aliphatic rings. The summed E-state index contributed by atoms with van der Waals surface area (Å²) in [6.45, 7) is 3.35. The molecule has 0 bridgehead atoms. The monoisotopic (exact) mass is 300 g/mol. The van der Waals surface area contributed by atoms with Gasteiger partial charge in [0.15, 0.2) is 15.8 Å². The summed E-state index contributed by atoms with van der Waals surface area (Å²) in [5, 5.41) is 5.11. The molecule has 0 aromatic carbocycles. The summed E-state index contributed by atoms with van der Waals surface area (Å²) in [5.41, 5.74) is 0. The molecule has 19 heavy (non-hydrogen) atoms. The number of carbonyl (C=O) groups excluding carboxylic acids is 1. The highest BCUT2D eigenvalue weighted by atomic mass is 32.1. The van der Waals surface area contributed by atoms with E-state index in [-0.39, 0.29) is 5.78 Å². The van der Waals surface area contributed by atoms with Crippen molar-refractivity contribution >= 4 is 28.5 Å². The van der Waals surface area contributed by atoms with Crippen LogP contribution in [-0.2, 0) is 15.3 Å². The van der Waals surface area contributed by atoms with E-state index in [2.05, 4.69) is 9.97 Å². The van der Waals surface area contributed by atoms with E-state index in [9.17, 15) is 4.79 Å². The number of ether oxygens (including phenoxy) is 2. The first-order chi connectivity index (χ1) is 9.03. The SMILES string of the molecule is CC(=O)c1nccs1.COC(C)(OC)c1nccs1. The minimum Gasteiger partial charge on any atom is -0.348 e. The van der Waals surface area contributed by atoms with Gasteiger partial charge in [-0.05, 0) is 6.92 Å². The highest BCUT2D eigenvalue weighted by Crippen LogP contribution is 2.26. The van der Waals surface area contributed by atoms with Crippen LogP contribution in [0.25, 0.3) is 0 Å². The number of hydrogen-bond acceptors (Lipinski definition) is 7. The molecule has 2 rings (SSSR count). The molecule has 0 fully saturated rings. The standard InChI is InChI=1S/C7H11NO2S.C5H5NOS/c1-7(9-2,10-3)6-8-4-5-11-6;1-4(7)5-6-2-3-8-5/h4-5H,1-3H3;2-3H,1H3. The van der Waals surface area contributed by atoms with Crippen LogP contribution in [-0.4, -0.2) is 30.0 Å². The predicted molar refractivity (Wildman–Crippen MR) is 75.6 cm³/mol. The highest BCUT2D eigenvalue weighted by Gasteiger charge is 2.28. The first kappa shape index (κ1) is 15.9. The van der Waals surface area contributed by atoms with E-state index < -0.39 is 5.79 Å². The lowest BCUT2D eigenvalue weighted by Gasteiger charge is -2.23. The Balaban J connectivity index is 0.000000200. The van der Waals surface area contributed by atoms with Crippen molar-refractivity contribution in [2.75, 3.05) is 14.2 Å². The van der Waals surface area contributed by atoms with E-state index in [0.29, 0.717) is 5.01 Å². The molecule has 0 aliphatic heterocycles. The number of carbonyl (C=O) groups is 1. The van der Waals surface area contributed by atoms with Crippen molar-refractivity contribution in [3.05, 3.63) is 33.2 Å². The molecule has 0 spiro atoms. The van der Waals surface area contributed by atoms with Crippen LogP contribution in [0.15, 0.2) is 23.2 Å². The molecule has 104 valence electrons. The molecule has 2 heterocycles. The molecule has 0 N–H and O–H groups in total. The molecule has 0 radical (unpaired) electrons. The third-order valence-corrected chi connectivity index (χ3v) is 4.16. The van der Waals surface area contributed by atoms with Crippen LogP contribution in [0.3, 0.4) is 0 Å². The van der Waals surface area contributed by atoms with Gasteiger partial charge in [-0.1, -0.05) is 0 Å². The van der Waals surface area contributed by atoms with E-state index >= 15 is 0 Å². The maximum Gasteiger partial charge on any atom is 0.218 e. The molecule has 0 unspecified atom stereocenters. The van der Waals surface area contributed by atoms with Gasteiger partial charge in [0, 0.05) is 44.3 Å². The molecule has 0 saturated carbocycles. The molecule has 7 heteroatoms. The number of methoxy groups -OCH3 is 2. The minimum absolute atomic E-state index is 0.0417. The summed E-state index contributed by atoms with van der Waals surface area (Å²) in [6.07, 6.45) is 3.36. The zero-order chi connectivity index (χ0) is 14.3. The number of Topliss-reactive ketones (excluding diaryl/α,β-unsaturated/α-hetero) is 1. The fourth-order valence-electron chi connectivity index (χ4n) is 1.10. The number of rotatable bonds is 4. The van der Waals surface area contributed by atoms with Gasteiger partial charge in [-0.3, -0.25) is 4.79 Å². The van der Waals surface area contributed by atoms with Gasteiger partial charge in [-0.25, -0.2) is 9.97 Å². The van der Waals surface area contributed by atoms with E-state index in [1.54, 1.807) is 32.0 Å². The van der Waals surface area contributed by atoms with Crippen LogP contribution in [0, 0.1) is 0 Å². The molecule has 0 aliphatic carbocycles. The Bertz CT molecular complexity index is 479. The van der Waals surface area contributed by atoms with Crippen molar-refractivity contribution in [3.63, 3.8) is 0 Å². The summed E-state index contributed by atoms with van der Waals surface area (Å²) in [7, 11) is 3.20. The van der Waals surface area contributed by atoms with Crippen LogP contribution in [0.5, 0.6) is 0 Å². The average molecular weight is 300 g/mol. The van der Waals surface area contributed by atoms with Crippen LogP contribution in [0.2, 0.25) is 0 Å². The quantitative estimate of drug-likeness (QED) is 0.641. The molecule has 2 aromatic rings. The van der Waals surface area contributed by atoms with Crippen LogP contribution in [0.1, 0.15) is 28.7 Å². The lowest BCUT2D eigenvalue weighted by molar-refractivity contribution is -0.201. The summed E-state index contributed by atoms with van der Waals surface area (Å²) in [4.78, 5) is 18.3. The zero-order valence-electron chi connectivity index (χ0n) is 11.2. The van der Waals surface area contributed by atoms with E-state index in [1.165, 1.54) is 29.6 Å². The topological polar surface area (TPSA) is 61.3 Å². The molecular weight excluding hydrogens is 284 g/mol. The third-order valence-electron chi connectivity index (χ3n) is 2.33. The van der Waals surface area contributed by atoms with Crippen molar-refractivity contribution < 1.29 is 14.3 Å². The fourth-order valence-corrected chi connectivity index (χ4v) is 2.39. The lowest BCUT2D eigenvalue weighted by Crippen LogP contribution is -2.26. The number of ketones is 1. The molecule has 0 amide bonds. The molecule has 0 atom stereocenters. The van der Waals surface area contributed by atoms with Gasteiger partial charge in [0.05, 0.1) is 0 Å². The number of nitrogens with zero attached hydrogens (tertiary/aromatic N) is 2. The highest BCUT2D eigenvalue weighted by molar-refractivity contribution is 7.11. The first-order valence-electron chi connectivity index (χ1n) is 5.44. The van der Waals surface area contributed by atoms with E-state index in [1.807, 2.05) is 12.3 Å². The second kappa shape index (κ2) is 7.44. The van der Waals surface area contributed by atoms with Gasteiger partial charge in [0.1, 0.15) is 0 Å². The second-order valence-corrected chi connectivity index (χ2v) is 5.37. The van der Waals surface area contributed by atoms with Crippen molar-refractivity contribution in [1.29, 1.82) is 0 Å². The molecule has 0 saturated heterocycles.